The Balaban J connectivity index is 2.51. The van der Waals surface area contributed by atoms with Gasteiger partial charge in [-0.15, -0.1) is 0 Å². The van der Waals surface area contributed by atoms with Gasteiger partial charge in [0.25, 0.3) is 0 Å². The first-order chi connectivity index (χ1) is 7.58. The van der Waals surface area contributed by atoms with Crippen LogP contribution in [0.15, 0.2) is 24.4 Å². The number of aromatic nitrogens is 2. The van der Waals surface area contributed by atoms with Gasteiger partial charge < -0.3 is 10.7 Å². The highest BCUT2D eigenvalue weighted by molar-refractivity contribution is 5.63. The second kappa shape index (κ2) is 3.61. The number of nitro groups is 1. The number of nitro benzene ring substituents is 1. The van der Waals surface area contributed by atoms with E-state index in [1.165, 1.54) is 12.3 Å². The van der Waals surface area contributed by atoms with Gasteiger partial charge in [0.1, 0.15) is 0 Å². The molecule has 2 rings (SSSR count). The molecule has 0 aliphatic carbocycles. The topological polar surface area (TPSA) is 97.8 Å². The zero-order chi connectivity index (χ0) is 11.7. The third-order valence-corrected chi connectivity index (χ3v) is 2.05. The molecule has 0 saturated carbocycles. The molecule has 0 amide bonds. The molecule has 0 fully saturated rings. The van der Waals surface area contributed by atoms with Gasteiger partial charge in [-0.3, -0.25) is 10.1 Å². The normalized spacial score (nSPS) is 10.3. The third kappa shape index (κ3) is 1.70. The van der Waals surface area contributed by atoms with Crippen molar-refractivity contribution in [2.45, 2.75) is 0 Å². The van der Waals surface area contributed by atoms with E-state index in [2.05, 4.69) is 9.97 Å². The number of anilines is 1. The summed E-state index contributed by atoms with van der Waals surface area (Å²) in [4.78, 5) is 16.2. The number of nitrogens with zero attached hydrogens (tertiary/aromatic N) is 2. The second-order valence-electron chi connectivity index (χ2n) is 3.11. The molecule has 0 saturated heterocycles. The van der Waals surface area contributed by atoms with E-state index in [1.807, 2.05) is 0 Å². The molecule has 3 N–H and O–H groups in total. The Kier molecular flexibility index (Phi) is 2.28. The van der Waals surface area contributed by atoms with Crippen molar-refractivity contribution in [2.75, 3.05) is 5.73 Å². The highest BCUT2D eigenvalue weighted by atomic mass is 19.1. The van der Waals surface area contributed by atoms with Crippen LogP contribution < -0.4 is 5.73 Å². The molecule has 7 heteroatoms. The zero-order valence-electron chi connectivity index (χ0n) is 7.98. The van der Waals surface area contributed by atoms with Crippen LogP contribution >= 0.6 is 0 Å². The predicted octanol–water partition coefficient (Wildman–Crippen LogP) is 1.71. The number of H-pyrrole nitrogens is 1. The fraction of sp³-hybridized carbons (Fsp3) is 0. The van der Waals surface area contributed by atoms with E-state index in [9.17, 15) is 14.5 Å². The second-order valence-corrected chi connectivity index (χ2v) is 3.11. The molecule has 82 valence electrons. The maximum Gasteiger partial charge on any atom is 0.305 e. The summed E-state index contributed by atoms with van der Waals surface area (Å²) in [5.41, 5.74) is 5.75. The molecular weight excluding hydrogens is 215 g/mol. The molecule has 1 aromatic carbocycles. The number of hydrogen-bond donors (Lipinski definition) is 2. The lowest BCUT2D eigenvalue weighted by molar-refractivity contribution is -0.387. The number of halogens is 1. The van der Waals surface area contributed by atoms with Gasteiger partial charge in [0.05, 0.1) is 16.8 Å². The molecule has 1 aromatic heterocycles. The highest BCUT2D eigenvalue weighted by Crippen LogP contribution is 2.25. The van der Waals surface area contributed by atoms with Gasteiger partial charge in [-0.05, 0) is 12.1 Å². The number of aromatic amines is 1. The summed E-state index contributed by atoms with van der Waals surface area (Å²) in [6.07, 6.45) is 1.42. The van der Waals surface area contributed by atoms with Gasteiger partial charge in [-0.1, -0.05) is 0 Å². The van der Waals surface area contributed by atoms with Crippen molar-refractivity contribution < 1.29 is 9.31 Å². The van der Waals surface area contributed by atoms with E-state index in [4.69, 9.17) is 5.73 Å². The number of nitrogen functional groups attached to an aromatic ring is 1. The highest BCUT2D eigenvalue weighted by Gasteiger charge is 2.15. The monoisotopic (exact) mass is 222 g/mol. The predicted molar refractivity (Wildman–Crippen MR) is 55.0 cm³/mol. The minimum absolute atomic E-state index is 0.196. The first-order valence-electron chi connectivity index (χ1n) is 4.32. The molecule has 0 atom stereocenters. The van der Waals surface area contributed by atoms with Gasteiger partial charge in [-0.25, -0.2) is 4.98 Å². The van der Waals surface area contributed by atoms with E-state index >= 15 is 0 Å². The lowest BCUT2D eigenvalue weighted by atomic mass is 10.1. The molecule has 0 bridgehead atoms. The number of rotatable bonds is 2. The maximum absolute atomic E-state index is 13.0. The fourth-order valence-electron chi connectivity index (χ4n) is 1.30. The Morgan fingerprint density at radius 2 is 2.25 bits per heavy atom. The summed E-state index contributed by atoms with van der Waals surface area (Å²) in [5.74, 6) is -0.678. The fourth-order valence-corrected chi connectivity index (χ4v) is 1.30. The largest absolute Gasteiger partial charge is 0.369 e. The smallest absolute Gasteiger partial charge is 0.305 e. The standard InChI is InChI=1S/C9H7FN4O2/c10-6-2-1-5(3-8(6)14(15)16)7-4-12-9(11)13-7/h1-4H,(H3,11,12,13). The van der Waals surface area contributed by atoms with Crippen LogP contribution in [0.4, 0.5) is 16.0 Å². The van der Waals surface area contributed by atoms with E-state index in [-0.39, 0.29) is 5.95 Å². The Bertz CT molecular complexity index is 552. The Labute approximate surface area is 89.1 Å². The van der Waals surface area contributed by atoms with Gasteiger partial charge in [0.15, 0.2) is 5.95 Å². The van der Waals surface area contributed by atoms with Gasteiger partial charge in [0, 0.05) is 11.6 Å². The summed E-state index contributed by atoms with van der Waals surface area (Å²) in [6, 6.07) is 3.57. The number of benzene rings is 1. The van der Waals surface area contributed by atoms with Crippen molar-refractivity contribution >= 4 is 11.6 Å². The van der Waals surface area contributed by atoms with Crippen molar-refractivity contribution in [3.63, 3.8) is 0 Å². The van der Waals surface area contributed by atoms with Crippen LogP contribution in [0.3, 0.4) is 0 Å². The van der Waals surface area contributed by atoms with Gasteiger partial charge in [0.2, 0.25) is 5.82 Å². The number of hydrogen-bond acceptors (Lipinski definition) is 4. The molecule has 0 aliphatic heterocycles. The number of nitrogens with one attached hydrogen (secondary N) is 1. The van der Waals surface area contributed by atoms with E-state index in [0.717, 1.165) is 12.1 Å². The minimum Gasteiger partial charge on any atom is -0.369 e. The van der Waals surface area contributed by atoms with Gasteiger partial charge in [-0.2, -0.15) is 4.39 Å². The summed E-state index contributed by atoms with van der Waals surface area (Å²) < 4.78 is 13.0. The lowest BCUT2D eigenvalue weighted by Gasteiger charge is -1.98. The zero-order valence-corrected chi connectivity index (χ0v) is 7.98. The molecule has 0 radical (unpaired) electrons. The Morgan fingerprint density at radius 1 is 1.50 bits per heavy atom. The quantitative estimate of drug-likeness (QED) is 0.596. The maximum atomic E-state index is 13.0. The van der Waals surface area contributed by atoms with Crippen LogP contribution in [-0.2, 0) is 0 Å². The number of nitrogens with two attached hydrogens (primary N) is 1. The lowest BCUT2D eigenvalue weighted by Crippen LogP contribution is -1.93. The van der Waals surface area contributed by atoms with Crippen molar-refractivity contribution in [1.82, 2.24) is 9.97 Å². The third-order valence-electron chi connectivity index (χ3n) is 2.05. The van der Waals surface area contributed by atoms with Crippen LogP contribution in [0.5, 0.6) is 0 Å². The van der Waals surface area contributed by atoms with E-state index < -0.39 is 16.4 Å². The number of imidazole rings is 1. The molecular formula is C9H7FN4O2. The molecule has 0 aliphatic rings. The average molecular weight is 222 g/mol. The Hall–Kier alpha value is -2.44. The summed E-state index contributed by atoms with van der Waals surface area (Å²) in [6.45, 7) is 0. The first-order valence-corrected chi connectivity index (χ1v) is 4.32. The van der Waals surface area contributed by atoms with Crippen LogP contribution in [0.25, 0.3) is 11.3 Å². The SMILES string of the molecule is Nc1ncc(-c2ccc(F)c([N+](=O)[O-])c2)[nH]1. The molecule has 2 aromatic rings. The van der Waals surface area contributed by atoms with E-state index in [1.54, 1.807) is 0 Å². The van der Waals surface area contributed by atoms with Crippen molar-refractivity contribution in [3.8, 4) is 11.3 Å². The average Bonchev–Trinajstić information content (AvgIpc) is 2.65. The molecule has 0 spiro atoms. The van der Waals surface area contributed by atoms with Crippen molar-refractivity contribution in [1.29, 1.82) is 0 Å². The van der Waals surface area contributed by atoms with Crippen molar-refractivity contribution in [3.05, 3.63) is 40.3 Å². The molecule has 6 nitrogen and oxygen atoms in total. The Morgan fingerprint density at radius 3 is 2.81 bits per heavy atom. The molecule has 1 heterocycles. The van der Waals surface area contributed by atoms with Crippen LogP contribution in [0.2, 0.25) is 0 Å². The van der Waals surface area contributed by atoms with Crippen LogP contribution in [-0.4, -0.2) is 14.9 Å². The van der Waals surface area contributed by atoms with Crippen molar-refractivity contribution in [2.24, 2.45) is 0 Å². The molecule has 16 heavy (non-hydrogen) atoms. The summed E-state index contributed by atoms with van der Waals surface area (Å²) >= 11 is 0. The summed E-state index contributed by atoms with van der Waals surface area (Å²) in [5, 5.41) is 10.5. The van der Waals surface area contributed by atoms with Gasteiger partial charge >= 0.3 is 5.69 Å². The van der Waals surface area contributed by atoms with Crippen LogP contribution in [0.1, 0.15) is 0 Å². The minimum atomic E-state index is -0.874. The molecule has 0 unspecified atom stereocenters. The van der Waals surface area contributed by atoms with Crippen LogP contribution in [0, 0.1) is 15.9 Å². The summed E-state index contributed by atoms with van der Waals surface area (Å²) in [7, 11) is 0. The first kappa shape index (κ1) is 10.1. The van der Waals surface area contributed by atoms with E-state index in [0.29, 0.717) is 11.3 Å².